The molecule has 5 heteroatoms. The summed E-state index contributed by atoms with van der Waals surface area (Å²) >= 11 is 0. The molecule has 0 fully saturated rings. The lowest BCUT2D eigenvalue weighted by Gasteiger charge is -2.19. The number of carbonyl (C=O) groups is 1. The van der Waals surface area contributed by atoms with Crippen LogP contribution in [-0.4, -0.2) is 40.9 Å². The van der Waals surface area contributed by atoms with Crippen molar-refractivity contribution in [3.63, 3.8) is 0 Å². The summed E-state index contributed by atoms with van der Waals surface area (Å²) in [5.74, 6) is 0.526. The number of hydrogen-bond donors (Lipinski definition) is 1. The van der Waals surface area contributed by atoms with Crippen molar-refractivity contribution in [2.75, 3.05) is 25.1 Å². The highest BCUT2D eigenvalue weighted by Crippen LogP contribution is 2.07. The molecule has 0 aliphatic heterocycles. The Morgan fingerprint density at radius 2 is 1.94 bits per heavy atom. The summed E-state index contributed by atoms with van der Waals surface area (Å²) < 4.78 is 15.9. The van der Waals surface area contributed by atoms with Gasteiger partial charge in [0, 0.05) is 29.4 Å². The van der Waals surface area contributed by atoms with Gasteiger partial charge in [-0.1, -0.05) is 0 Å². The fraction of sp³-hybridized carbons (Fsp3) is 0.909. The van der Waals surface area contributed by atoms with Gasteiger partial charge >= 0.3 is 5.97 Å². The molecule has 0 aromatic rings. The molecule has 0 heterocycles. The molecule has 0 aromatic carbocycles. The van der Waals surface area contributed by atoms with Crippen LogP contribution in [0.3, 0.4) is 0 Å². The first-order valence-corrected chi connectivity index (χ1v) is 7.26. The topological polar surface area (TPSA) is 55.4 Å². The Morgan fingerprint density at radius 1 is 1.31 bits per heavy atom. The summed E-state index contributed by atoms with van der Waals surface area (Å²) in [5.41, 5.74) is -0.407. The molecule has 1 atom stereocenters. The highest BCUT2D eigenvalue weighted by Gasteiger charge is 2.15. The quantitative estimate of drug-likeness (QED) is 0.542. The Balaban J connectivity index is 3.38. The Hall–Kier alpha value is -0.420. The van der Waals surface area contributed by atoms with Crippen molar-refractivity contribution in [2.45, 2.75) is 39.2 Å². The lowest BCUT2D eigenvalue weighted by Crippen LogP contribution is -2.27. The van der Waals surface area contributed by atoms with E-state index in [9.17, 15) is 9.00 Å². The van der Waals surface area contributed by atoms with Crippen LogP contribution in [0.4, 0.5) is 0 Å². The molecule has 0 aliphatic carbocycles. The molecule has 1 N–H and O–H groups in total. The highest BCUT2D eigenvalue weighted by molar-refractivity contribution is 7.84. The normalized spacial score (nSPS) is 13.5. The van der Waals surface area contributed by atoms with Gasteiger partial charge in [0.2, 0.25) is 0 Å². The molecule has 0 spiro atoms. The lowest BCUT2D eigenvalue weighted by molar-refractivity contribution is -0.154. The van der Waals surface area contributed by atoms with E-state index >= 15 is 0 Å². The van der Waals surface area contributed by atoms with Gasteiger partial charge in [0.05, 0.1) is 6.42 Å². The number of rotatable bonds is 7. The van der Waals surface area contributed by atoms with Crippen LogP contribution in [0.25, 0.3) is 0 Å². The Kier molecular flexibility index (Phi) is 7.58. The molecule has 0 amide bonds. The molecule has 0 aromatic heterocycles. The van der Waals surface area contributed by atoms with Crippen molar-refractivity contribution in [3.05, 3.63) is 0 Å². The second-order valence-corrected chi connectivity index (χ2v) is 6.27. The predicted molar refractivity (Wildman–Crippen MR) is 66.9 cm³/mol. The summed E-state index contributed by atoms with van der Waals surface area (Å²) in [7, 11) is -0.725. The van der Waals surface area contributed by atoms with E-state index in [-0.39, 0.29) is 5.97 Å². The molecule has 96 valence electrons. The van der Waals surface area contributed by atoms with E-state index in [1.54, 1.807) is 6.26 Å². The van der Waals surface area contributed by atoms with E-state index in [1.807, 2.05) is 20.8 Å². The van der Waals surface area contributed by atoms with Crippen LogP contribution in [-0.2, 0) is 20.3 Å². The zero-order chi connectivity index (χ0) is 12.6. The van der Waals surface area contributed by atoms with Gasteiger partial charge in [-0.05, 0) is 33.7 Å². The van der Waals surface area contributed by atoms with E-state index in [0.29, 0.717) is 18.7 Å². The van der Waals surface area contributed by atoms with Gasteiger partial charge in [0.15, 0.2) is 0 Å². The average Bonchev–Trinajstić information content (AvgIpc) is 2.07. The largest absolute Gasteiger partial charge is 0.460 e. The molecule has 16 heavy (non-hydrogen) atoms. The third-order valence-corrected chi connectivity index (χ3v) is 2.57. The fourth-order valence-electron chi connectivity index (χ4n) is 1.11. The van der Waals surface area contributed by atoms with Gasteiger partial charge in [0.1, 0.15) is 5.60 Å². The maximum Gasteiger partial charge on any atom is 0.307 e. The maximum atomic E-state index is 11.3. The van der Waals surface area contributed by atoms with Gasteiger partial charge in [-0.3, -0.25) is 9.00 Å². The van der Waals surface area contributed by atoms with Crippen LogP contribution in [0.1, 0.15) is 33.6 Å². The molecule has 0 aliphatic rings. The van der Waals surface area contributed by atoms with Crippen molar-refractivity contribution in [1.29, 1.82) is 0 Å². The van der Waals surface area contributed by atoms with Gasteiger partial charge in [-0.15, -0.1) is 0 Å². The molecule has 4 nitrogen and oxygen atoms in total. The van der Waals surface area contributed by atoms with E-state index in [0.717, 1.165) is 13.0 Å². The molecule has 0 saturated heterocycles. The zero-order valence-electron chi connectivity index (χ0n) is 10.7. The van der Waals surface area contributed by atoms with Crippen molar-refractivity contribution in [2.24, 2.45) is 0 Å². The van der Waals surface area contributed by atoms with Crippen LogP contribution in [0.2, 0.25) is 0 Å². The molecular weight excluding hydrogens is 226 g/mol. The van der Waals surface area contributed by atoms with Crippen molar-refractivity contribution < 1.29 is 13.7 Å². The lowest BCUT2D eigenvalue weighted by atomic mass is 10.2. The highest BCUT2D eigenvalue weighted by atomic mass is 32.2. The molecule has 0 saturated carbocycles. The summed E-state index contributed by atoms with van der Waals surface area (Å²) in [6, 6.07) is 0. The number of carbonyl (C=O) groups excluding carboxylic acids is 1. The van der Waals surface area contributed by atoms with Gasteiger partial charge in [0.25, 0.3) is 0 Å². The minimum atomic E-state index is -0.725. The number of esters is 1. The summed E-state index contributed by atoms with van der Waals surface area (Å²) in [6.45, 7) is 6.98. The average molecular weight is 249 g/mol. The smallest absolute Gasteiger partial charge is 0.307 e. The molecule has 0 rings (SSSR count). The second kappa shape index (κ2) is 7.79. The van der Waals surface area contributed by atoms with E-state index in [4.69, 9.17) is 4.74 Å². The van der Waals surface area contributed by atoms with Crippen molar-refractivity contribution >= 4 is 16.8 Å². The SMILES string of the molecule is CS(=O)CCCNCCC(=O)OC(C)(C)C. The first-order chi connectivity index (χ1) is 7.31. The number of hydrogen-bond acceptors (Lipinski definition) is 4. The van der Waals surface area contributed by atoms with Crippen molar-refractivity contribution in [1.82, 2.24) is 5.32 Å². The molecular formula is C11H23NO3S. The third kappa shape index (κ3) is 11.7. The van der Waals surface area contributed by atoms with Gasteiger partial charge < -0.3 is 10.1 Å². The maximum absolute atomic E-state index is 11.3. The molecule has 0 bridgehead atoms. The minimum absolute atomic E-state index is 0.181. The standard InChI is InChI=1S/C11H23NO3S/c1-11(2,3)15-10(13)6-8-12-7-5-9-16(4)14/h12H,5-9H2,1-4H3. The second-order valence-electron chi connectivity index (χ2n) is 4.72. The molecule has 1 unspecified atom stereocenters. The monoisotopic (exact) mass is 249 g/mol. The fourth-order valence-corrected chi connectivity index (χ4v) is 1.66. The van der Waals surface area contributed by atoms with E-state index in [1.165, 1.54) is 0 Å². The number of ether oxygens (including phenoxy) is 1. The van der Waals surface area contributed by atoms with Gasteiger partial charge in [-0.2, -0.15) is 0 Å². The van der Waals surface area contributed by atoms with Crippen LogP contribution in [0, 0.1) is 0 Å². The zero-order valence-corrected chi connectivity index (χ0v) is 11.5. The molecule has 0 radical (unpaired) electrons. The minimum Gasteiger partial charge on any atom is -0.460 e. The van der Waals surface area contributed by atoms with Crippen molar-refractivity contribution in [3.8, 4) is 0 Å². The van der Waals surface area contributed by atoms with Crippen LogP contribution >= 0.6 is 0 Å². The van der Waals surface area contributed by atoms with Crippen LogP contribution < -0.4 is 5.32 Å². The summed E-state index contributed by atoms with van der Waals surface area (Å²) in [4.78, 5) is 11.3. The van der Waals surface area contributed by atoms with Gasteiger partial charge in [-0.25, -0.2) is 0 Å². The first kappa shape index (κ1) is 15.6. The van der Waals surface area contributed by atoms with E-state index < -0.39 is 16.4 Å². The Labute approximate surface area is 101 Å². The summed E-state index contributed by atoms with van der Waals surface area (Å²) in [5, 5.41) is 3.12. The first-order valence-electron chi connectivity index (χ1n) is 5.54. The van der Waals surface area contributed by atoms with Crippen LogP contribution in [0.5, 0.6) is 0 Å². The van der Waals surface area contributed by atoms with Crippen LogP contribution in [0.15, 0.2) is 0 Å². The number of nitrogens with one attached hydrogen (secondary N) is 1. The third-order valence-electron chi connectivity index (χ3n) is 1.71. The summed E-state index contributed by atoms with van der Waals surface area (Å²) in [6.07, 6.45) is 2.95. The Morgan fingerprint density at radius 3 is 2.44 bits per heavy atom. The van der Waals surface area contributed by atoms with E-state index in [2.05, 4.69) is 5.32 Å². The predicted octanol–water partition coefficient (Wildman–Crippen LogP) is 1.08. The Bertz CT molecular complexity index is 236.